The molecular formula is C16H27N3O. The van der Waals surface area contributed by atoms with Crippen LogP contribution < -0.4 is 5.73 Å². The molecule has 1 fully saturated rings. The zero-order valence-corrected chi connectivity index (χ0v) is 13.1. The number of aromatic nitrogens is 1. The number of carbonyl (C=O) groups excluding carboxylic acids is 1. The zero-order chi connectivity index (χ0) is 14.9. The van der Waals surface area contributed by atoms with Gasteiger partial charge in [0.1, 0.15) is 5.69 Å². The number of piperidine rings is 1. The first kappa shape index (κ1) is 14.9. The highest BCUT2D eigenvalue weighted by Gasteiger charge is 2.31. The minimum atomic E-state index is 0.121. The van der Waals surface area contributed by atoms with E-state index in [1.807, 2.05) is 22.6 Å². The van der Waals surface area contributed by atoms with Crippen LogP contribution in [0.15, 0.2) is 12.3 Å². The molecule has 1 aromatic rings. The number of amides is 1. The van der Waals surface area contributed by atoms with Gasteiger partial charge in [-0.1, -0.05) is 20.8 Å². The third-order valence-corrected chi connectivity index (χ3v) is 4.48. The summed E-state index contributed by atoms with van der Waals surface area (Å²) in [5, 5.41) is 0. The second-order valence-corrected chi connectivity index (χ2v) is 6.88. The summed E-state index contributed by atoms with van der Waals surface area (Å²) in [6.45, 7) is 11.4. The number of nitrogen functional groups attached to an aromatic ring is 1. The Labute approximate surface area is 121 Å². The van der Waals surface area contributed by atoms with Crippen molar-refractivity contribution in [1.29, 1.82) is 0 Å². The molecule has 20 heavy (non-hydrogen) atoms. The number of anilines is 1. The fourth-order valence-corrected chi connectivity index (χ4v) is 3.08. The molecule has 2 N–H and O–H groups in total. The molecule has 4 nitrogen and oxygen atoms in total. The Morgan fingerprint density at radius 1 is 1.35 bits per heavy atom. The van der Waals surface area contributed by atoms with Crippen molar-refractivity contribution < 1.29 is 4.79 Å². The molecule has 1 amide bonds. The van der Waals surface area contributed by atoms with Crippen LogP contribution in [0.5, 0.6) is 0 Å². The van der Waals surface area contributed by atoms with E-state index in [1.165, 1.54) is 0 Å². The molecule has 0 bridgehead atoms. The van der Waals surface area contributed by atoms with Crippen LogP contribution in [-0.4, -0.2) is 28.5 Å². The first-order valence-electron chi connectivity index (χ1n) is 7.58. The predicted molar refractivity (Wildman–Crippen MR) is 82.6 cm³/mol. The number of rotatable bonds is 2. The minimum Gasteiger partial charge on any atom is -0.397 e. The van der Waals surface area contributed by atoms with E-state index in [0.29, 0.717) is 17.0 Å². The van der Waals surface area contributed by atoms with Gasteiger partial charge in [-0.25, -0.2) is 0 Å². The molecule has 1 aliphatic rings. The van der Waals surface area contributed by atoms with Crippen molar-refractivity contribution in [2.75, 3.05) is 18.8 Å². The summed E-state index contributed by atoms with van der Waals surface area (Å²) in [5.74, 6) is 0.825. The van der Waals surface area contributed by atoms with Crippen LogP contribution in [-0.2, 0) is 6.54 Å². The normalized spacial score (nSPS) is 17.5. The SMILES string of the molecule is CCn1cc(N)cc1C(=O)N1CCC(C(C)(C)C)CC1. The molecule has 2 heterocycles. The molecule has 0 saturated carbocycles. The van der Waals surface area contributed by atoms with Crippen LogP contribution in [0, 0.1) is 11.3 Å². The maximum absolute atomic E-state index is 12.6. The van der Waals surface area contributed by atoms with E-state index in [1.54, 1.807) is 6.07 Å². The van der Waals surface area contributed by atoms with E-state index < -0.39 is 0 Å². The topological polar surface area (TPSA) is 51.3 Å². The highest BCUT2D eigenvalue weighted by atomic mass is 16.2. The highest BCUT2D eigenvalue weighted by molar-refractivity contribution is 5.93. The number of carbonyl (C=O) groups is 1. The average molecular weight is 277 g/mol. The smallest absolute Gasteiger partial charge is 0.270 e. The van der Waals surface area contributed by atoms with Crippen LogP contribution in [0.4, 0.5) is 5.69 Å². The lowest BCUT2D eigenvalue weighted by Crippen LogP contribution is -2.42. The molecule has 2 rings (SSSR count). The van der Waals surface area contributed by atoms with Crippen molar-refractivity contribution in [3.63, 3.8) is 0 Å². The van der Waals surface area contributed by atoms with Gasteiger partial charge in [0.15, 0.2) is 0 Å². The Morgan fingerprint density at radius 3 is 2.45 bits per heavy atom. The fourth-order valence-electron chi connectivity index (χ4n) is 3.08. The molecule has 1 aliphatic heterocycles. The van der Waals surface area contributed by atoms with E-state index in [0.717, 1.165) is 38.2 Å². The molecular weight excluding hydrogens is 250 g/mol. The van der Waals surface area contributed by atoms with E-state index in [2.05, 4.69) is 20.8 Å². The van der Waals surface area contributed by atoms with Crippen molar-refractivity contribution in [2.24, 2.45) is 11.3 Å². The number of nitrogens with zero attached hydrogens (tertiary/aromatic N) is 2. The molecule has 1 saturated heterocycles. The molecule has 4 heteroatoms. The zero-order valence-electron chi connectivity index (χ0n) is 13.1. The summed E-state index contributed by atoms with van der Waals surface area (Å²) in [7, 11) is 0. The van der Waals surface area contributed by atoms with Gasteiger partial charge < -0.3 is 15.2 Å². The maximum Gasteiger partial charge on any atom is 0.270 e. The van der Waals surface area contributed by atoms with Gasteiger partial charge in [-0.2, -0.15) is 0 Å². The summed E-state index contributed by atoms with van der Waals surface area (Å²) in [6, 6.07) is 1.79. The van der Waals surface area contributed by atoms with E-state index >= 15 is 0 Å². The third-order valence-electron chi connectivity index (χ3n) is 4.48. The van der Waals surface area contributed by atoms with E-state index in [-0.39, 0.29) is 5.91 Å². The Hall–Kier alpha value is -1.45. The van der Waals surface area contributed by atoms with Crippen molar-refractivity contribution in [3.05, 3.63) is 18.0 Å². The molecule has 1 aromatic heterocycles. The number of aryl methyl sites for hydroxylation is 1. The van der Waals surface area contributed by atoms with Gasteiger partial charge in [-0.15, -0.1) is 0 Å². The Kier molecular flexibility index (Phi) is 4.11. The summed E-state index contributed by atoms with van der Waals surface area (Å²) in [5.41, 5.74) is 7.53. The minimum absolute atomic E-state index is 0.121. The summed E-state index contributed by atoms with van der Waals surface area (Å²) >= 11 is 0. The lowest BCUT2D eigenvalue weighted by atomic mass is 9.75. The van der Waals surface area contributed by atoms with Crippen LogP contribution in [0.1, 0.15) is 51.0 Å². The van der Waals surface area contributed by atoms with Gasteiger partial charge in [0.25, 0.3) is 5.91 Å². The second kappa shape index (κ2) is 5.51. The lowest BCUT2D eigenvalue weighted by molar-refractivity contribution is 0.0598. The molecule has 0 radical (unpaired) electrons. The Morgan fingerprint density at radius 2 is 1.95 bits per heavy atom. The molecule has 0 aliphatic carbocycles. The lowest BCUT2D eigenvalue weighted by Gasteiger charge is -2.38. The van der Waals surface area contributed by atoms with Crippen LogP contribution in [0.2, 0.25) is 0 Å². The first-order chi connectivity index (χ1) is 9.32. The summed E-state index contributed by atoms with van der Waals surface area (Å²) in [6.07, 6.45) is 4.03. The van der Waals surface area contributed by atoms with Crippen LogP contribution in [0.25, 0.3) is 0 Å². The summed E-state index contributed by atoms with van der Waals surface area (Å²) < 4.78 is 1.94. The number of hydrogen-bond acceptors (Lipinski definition) is 2. The van der Waals surface area contributed by atoms with Gasteiger partial charge in [-0.05, 0) is 37.2 Å². The standard InChI is InChI=1S/C16H27N3O/c1-5-18-11-13(17)10-14(18)15(20)19-8-6-12(7-9-19)16(2,3)4/h10-12H,5-9,17H2,1-4H3. The number of nitrogens with two attached hydrogens (primary N) is 1. The fraction of sp³-hybridized carbons (Fsp3) is 0.688. The molecule has 0 atom stereocenters. The third kappa shape index (κ3) is 3.00. The first-order valence-corrected chi connectivity index (χ1v) is 7.58. The largest absolute Gasteiger partial charge is 0.397 e. The van der Waals surface area contributed by atoms with E-state index in [4.69, 9.17) is 5.73 Å². The van der Waals surface area contributed by atoms with Crippen LogP contribution >= 0.6 is 0 Å². The van der Waals surface area contributed by atoms with Gasteiger partial charge in [0, 0.05) is 25.8 Å². The summed E-state index contributed by atoms with van der Waals surface area (Å²) in [4.78, 5) is 14.6. The van der Waals surface area contributed by atoms with Gasteiger partial charge >= 0.3 is 0 Å². The maximum atomic E-state index is 12.6. The van der Waals surface area contributed by atoms with Gasteiger partial charge in [-0.3, -0.25) is 4.79 Å². The van der Waals surface area contributed by atoms with Crippen molar-refractivity contribution in [3.8, 4) is 0 Å². The average Bonchev–Trinajstić information content (AvgIpc) is 2.78. The Bertz CT molecular complexity index is 476. The molecule has 0 unspecified atom stereocenters. The van der Waals surface area contributed by atoms with Crippen molar-refractivity contribution in [2.45, 2.75) is 47.1 Å². The molecule has 0 spiro atoms. The Balaban J connectivity index is 2.05. The van der Waals surface area contributed by atoms with Crippen LogP contribution in [0.3, 0.4) is 0 Å². The monoisotopic (exact) mass is 277 g/mol. The van der Waals surface area contributed by atoms with E-state index in [9.17, 15) is 4.79 Å². The highest BCUT2D eigenvalue weighted by Crippen LogP contribution is 2.34. The second-order valence-electron chi connectivity index (χ2n) is 6.88. The van der Waals surface area contributed by atoms with Gasteiger partial charge in [0.05, 0.1) is 5.69 Å². The van der Waals surface area contributed by atoms with Crippen molar-refractivity contribution in [1.82, 2.24) is 9.47 Å². The predicted octanol–water partition coefficient (Wildman–Crippen LogP) is 2.99. The van der Waals surface area contributed by atoms with Crippen molar-refractivity contribution >= 4 is 11.6 Å². The van der Waals surface area contributed by atoms with Gasteiger partial charge in [0.2, 0.25) is 0 Å². The molecule has 0 aromatic carbocycles. The molecule has 112 valence electrons. The quantitative estimate of drug-likeness (QED) is 0.903. The number of likely N-dealkylation sites (tertiary alicyclic amines) is 1. The number of hydrogen-bond donors (Lipinski definition) is 1.